The summed E-state index contributed by atoms with van der Waals surface area (Å²) in [4.78, 5) is 11.2. The molecule has 0 aromatic heterocycles. The lowest BCUT2D eigenvalue weighted by Gasteiger charge is -2.13. The Morgan fingerprint density at radius 1 is 1.44 bits per heavy atom. The summed E-state index contributed by atoms with van der Waals surface area (Å²) in [7, 11) is -6.65. The van der Waals surface area contributed by atoms with E-state index in [1.807, 2.05) is 0 Å². The molecule has 0 aliphatic carbocycles. The van der Waals surface area contributed by atoms with Gasteiger partial charge in [0.05, 0.1) is 22.9 Å². The van der Waals surface area contributed by atoms with Crippen molar-refractivity contribution in [2.75, 3.05) is 23.5 Å². The van der Waals surface area contributed by atoms with E-state index < -0.39 is 42.8 Å². The van der Waals surface area contributed by atoms with E-state index >= 15 is 0 Å². The predicted molar refractivity (Wildman–Crippen MR) is 59.9 cm³/mol. The third-order valence-corrected chi connectivity index (χ3v) is 5.18. The van der Waals surface area contributed by atoms with Crippen molar-refractivity contribution in [1.82, 2.24) is 5.32 Å². The average Bonchev–Trinajstić information content (AvgIpc) is 2.19. The fourth-order valence-electron chi connectivity index (χ4n) is 1.42. The highest BCUT2D eigenvalue weighted by atomic mass is 35.5. The summed E-state index contributed by atoms with van der Waals surface area (Å²) in [6.07, 6.45) is 0.927. The Hall–Kier alpha value is -0.340. The molecule has 0 bridgehead atoms. The fraction of sp³-hybridized carbons (Fsp3) is 0.857. The third-order valence-electron chi connectivity index (χ3n) is 2.02. The summed E-state index contributed by atoms with van der Waals surface area (Å²) in [6.45, 7) is 0. The first kappa shape index (κ1) is 13.7. The Bertz CT molecular complexity index is 483. The highest BCUT2D eigenvalue weighted by Crippen LogP contribution is 2.17. The van der Waals surface area contributed by atoms with Gasteiger partial charge in [-0.2, -0.15) is 0 Å². The van der Waals surface area contributed by atoms with E-state index in [0.29, 0.717) is 0 Å². The maximum Gasteiger partial charge on any atom is 0.235 e. The molecular weight excluding hydrogens is 278 g/mol. The minimum absolute atomic E-state index is 0.196. The molecule has 9 heteroatoms. The Morgan fingerprint density at radius 3 is 2.38 bits per heavy atom. The largest absolute Gasteiger partial charge is 0.350 e. The molecule has 0 spiro atoms. The Balaban J connectivity index is 2.60. The Kier molecular flexibility index (Phi) is 3.86. The standard InChI is InChI=1S/C7H12ClNO5S2/c1-15(11,12)4-7(10)9-6-3-16(13,14)2-5(6)8/h5-6H,2-4H2,1H3,(H,9,10). The molecule has 1 rings (SSSR count). The van der Waals surface area contributed by atoms with Crippen LogP contribution in [-0.2, 0) is 24.5 Å². The lowest BCUT2D eigenvalue weighted by molar-refractivity contribution is -0.119. The second kappa shape index (κ2) is 4.50. The molecule has 1 fully saturated rings. The molecule has 0 saturated carbocycles. The van der Waals surface area contributed by atoms with Crippen LogP contribution in [0.1, 0.15) is 0 Å². The lowest BCUT2D eigenvalue weighted by Crippen LogP contribution is -2.43. The van der Waals surface area contributed by atoms with Crippen molar-refractivity contribution in [1.29, 1.82) is 0 Å². The number of rotatable bonds is 3. The van der Waals surface area contributed by atoms with Gasteiger partial charge in [0.25, 0.3) is 0 Å². The molecule has 1 saturated heterocycles. The number of hydrogen-bond donors (Lipinski definition) is 1. The topological polar surface area (TPSA) is 97.4 Å². The summed E-state index contributed by atoms with van der Waals surface area (Å²) in [5, 5.41) is 1.61. The number of alkyl halides is 1. The zero-order valence-corrected chi connectivity index (χ0v) is 10.9. The number of sulfone groups is 2. The second-order valence-corrected chi connectivity index (χ2v) is 8.69. The zero-order chi connectivity index (χ0) is 12.6. The number of hydrogen-bond acceptors (Lipinski definition) is 5. The highest BCUT2D eigenvalue weighted by Gasteiger charge is 2.37. The van der Waals surface area contributed by atoms with Crippen molar-refractivity contribution in [2.24, 2.45) is 0 Å². The molecular formula is C7H12ClNO5S2. The van der Waals surface area contributed by atoms with Crippen LogP contribution in [-0.4, -0.2) is 57.7 Å². The molecule has 2 unspecified atom stereocenters. The molecule has 2 atom stereocenters. The number of amides is 1. The quantitative estimate of drug-likeness (QED) is 0.641. The normalized spacial score (nSPS) is 28.9. The first-order chi connectivity index (χ1) is 7.09. The van der Waals surface area contributed by atoms with Gasteiger partial charge in [-0.25, -0.2) is 16.8 Å². The summed E-state index contributed by atoms with van der Waals surface area (Å²) in [5.74, 6) is -1.82. The molecule has 0 radical (unpaired) electrons. The van der Waals surface area contributed by atoms with Crippen LogP contribution < -0.4 is 5.32 Å². The van der Waals surface area contributed by atoms with Crippen LogP contribution in [0.25, 0.3) is 0 Å². The molecule has 94 valence electrons. The van der Waals surface area contributed by atoms with Crippen LogP contribution in [0.2, 0.25) is 0 Å². The summed E-state index contributed by atoms with van der Waals surface area (Å²) >= 11 is 5.73. The fourth-order valence-corrected chi connectivity index (χ4v) is 4.53. The first-order valence-corrected chi connectivity index (χ1v) is 8.72. The van der Waals surface area contributed by atoms with Gasteiger partial charge in [0.15, 0.2) is 19.7 Å². The maximum atomic E-state index is 11.2. The van der Waals surface area contributed by atoms with E-state index in [9.17, 15) is 21.6 Å². The smallest absolute Gasteiger partial charge is 0.235 e. The maximum absolute atomic E-state index is 11.2. The van der Waals surface area contributed by atoms with Crippen LogP contribution in [0.4, 0.5) is 0 Å². The van der Waals surface area contributed by atoms with E-state index in [2.05, 4.69) is 5.32 Å². The molecule has 16 heavy (non-hydrogen) atoms. The van der Waals surface area contributed by atoms with Crippen molar-refractivity contribution >= 4 is 37.2 Å². The van der Waals surface area contributed by atoms with Crippen LogP contribution in [0.3, 0.4) is 0 Å². The number of carbonyl (C=O) groups is 1. The summed E-state index contributed by atoms with van der Waals surface area (Å²) in [5.41, 5.74) is 0. The van der Waals surface area contributed by atoms with Crippen LogP contribution in [0.15, 0.2) is 0 Å². The minimum atomic E-state index is -3.42. The lowest BCUT2D eigenvalue weighted by atomic mass is 10.2. The molecule has 1 amide bonds. The van der Waals surface area contributed by atoms with Gasteiger partial charge in [0, 0.05) is 6.26 Å². The van der Waals surface area contributed by atoms with Crippen molar-refractivity contribution < 1.29 is 21.6 Å². The monoisotopic (exact) mass is 289 g/mol. The summed E-state index contributed by atoms with van der Waals surface area (Å²) in [6, 6.07) is -0.707. The average molecular weight is 290 g/mol. The predicted octanol–water partition coefficient (Wildman–Crippen LogP) is -1.45. The number of nitrogens with one attached hydrogen (secondary N) is 1. The molecule has 1 aliphatic rings. The van der Waals surface area contributed by atoms with Gasteiger partial charge in [-0.1, -0.05) is 0 Å². The van der Waals surface area contributed by atoms with Crippen molar-refractivity contribution in [2.45, 2.75) is 11.4 Å². The third kappa shape index (κ3) is 4.26. The van der Waals surface area contributed by atoms with E-state index in [1.54, 1.807) is 0 Å². The molecule has 0 aromatic rings. The van der Waals surface area contributed by atoms with Gasteiger partial charge in [-0.3, -0.25) is 4.79 Å². The molecule has 0 aromatic carbocycles. The van der Waals surface area contributed by atoms with Gasteiger partial charge in [0.1, 0.15) is 5.75 Å². The van der Waals surface area contributed by atoms with Gasteiger partial charge in [0.2, 0.25) is 5.91 Å². The first-order valence-electron chi connectivity index (χ1n) is 4.41. The van der Waals surface area contributed by atoms with Crippen LogP contribution in [0, 0.1) is 0 Å². The Morgan fingerprint density at radius 2 is 2.00 bits per heavy atom. The van der Waals surface area contributed by atoms with Crippen molar-refractivity contribution in [3.63, 3.8) is 0 Å². The zero-order valence-electron chi connectivity index (χ0n) is 8.51. The SMILES string of the molecule is CS(=O)(=O)CC(=O)NC1CS(=O)(=O)CC1Cl. The van der Waals surface area contributed by atoms with E-state index in [-0.39, 0.29) is 11.5 Å². The van der Waals surface area contributed by atoms with Crippen molar-refractivity contribution in [3.05, 3.63) is 0 Å². The van der Waals surface area contributed by atoms with Crippen LogP contribution >= 0.6 is 11.6 Å². The van der Waals surface area contributed by atoms with Gasteiger partial charge >= 0.3 is 0 Å². The Labute approximate surface area is 99.2 Å². The highest BCUT2D eigenvalue weighted by molar-refractivity contribution is 7.92. The molecule has 6 nitrogen and oxygen atoms in total. The van der Waals surface area contributed by atoms with Gasteiger partial charge < -0.3 is 5.32 Å². The molecule has 1 heterocycles. The molecule has 1 aliphatic heterocycles. The van der Waals surface area contributed by atoms with Crippen LogP contribution in [0.5, 0.6) is 0 Å². The van der Waals surface area contributed by atoms with Gasteiger partial charge in [-0.15, -0.1) is 11.6 Å². The molecule has 1 N–H and O–H groups in total. The number of halogens is 1. The van der Waals surface area contributed by atoms with Gasteiger partial charge in [-0.05, 0) is 0 Å². The summed E-state index contributed by atoms with van der Waals surface area (Å²) < 4.78 is 44.0. The van der Waals surface area contributed by atoms with Crippen molar-refractivity contribution in [3.8, 4) is 0 Å². The van der Waals surface area contributed by atoms with E-state index in [4.69, 9.17) is 11.6 Å². The second-order valence-electron chi connectivity index (χ2n) is 3.84. The van der Waals surface area contributed by atoms with E-state index in [0.717, 1.165) is 6.26 Å². The minimum Gasteiger partial charge on any atom is -0.350 e. The van der Waals surface area contributed by atoms with E-state index in [1.165, 1.54) is 0 Å². The number of carbonyl (C=O) groups excluding carboxylic acids is 1.